The summed E-state index contributed by atoms with van der Waals surface area (Å²) in [6.07, 6.45) is 0. The van der Waals surface area contributed by atoms with Gasteiger partial charge in [-0.3, -0.25) is 9.69 Å². The Morgan fingerprint density at radius 2 is 1.91 bits per heavy atom. The average Bonchev–Trinajstić information content (AvgIpc) is 2.51. The minimum atomic E-state index is -0.0232. The number of amides is 1. The fourth-order valence-electron chi connectivity index (χ4n) is 2.59. The minimum Gasteiger partial charge on any atom is -0.495 e. The standard InChI is InChI=1S/C16H24ClN3O2/c1-4-19-5-7-20(8-6-19)11-16(21)18-14-9-12(2)13(17)10-15(14)22-3/h9-10H,4-8,11H2,1-3H3,(H,18,21). The second kappa shape index (κ2) is 7.81. The number of rotatable bonds is 5. The van der Waals surface area contributed by atoms with E-state index >= 15 is 0 Å². The number of methoxy groups -OCH3 is 1. The van der Waals surface area contributed by atoms with Crippen molar-refractivity contribution in [3.63, 3.8) is 0 Å². The van der Waals surface area contributed by atoms with E-state index in [2.05, 4.69) is 22.0 Å². The number of benzene rings is 1. The number of likely N-dealkylation sites (N-methyl/N-ethyl adjacent to an activating group) is 1. The van der Waals surface area contributed by atoms with Gasteiger partial charge in [0.2, 0.25) is 5.91 Å². The molecule has 0 saturated carbocycles. The minimum absolute atomic E-state index is 0.0232. The van der Waals surface area contributed by atoms with Gasteiger partial charge in [0.25, 0.3) is 0 Å². The maximum absolute atomic E-state index is 12.2. The molecule has 122 valence electrons. The van der Waals surface area contributed by atoms with E-state index in [1.54, 1.807) is 13.2 Å². The number of carbonyl (C=O) groups excluding carboxylic acids is 1. The van der Waals surface area contributed by atoms with Crippen molar-refractivity contribution in [3.05, 3.63) is 22.7 Å². The molecule has 0 aliphatic carbocycles. The Labute approximate surface area is 137 Å². The molecule has 0 aromatic heterocycles. The van der Waals surface area contributed by atoms with Crippen LogP contribution in [0.3, 0.4) is 0 Å². The van der Waals surface area contributed by atoms with Crippen molar-refractivity contribution >= 4 is 23.2 Å². The number of nitrogens with one attached hydrogen (secondary N) is 1. The first-order chi connectivity index (χ1) is 10.5. The van der Waals surface area contributed by atoms with Crippen LogP contribution in [0, 0.1) is 6.92 Å². The van der Waals surface area contributed by atoms with Gasteiger partial charge in [-0.2, -0.15) is 0 Å². The first-order valence-electron chi connectivity index (χ1n) is 7.62. The molecule has 0 bridgehead atoms. The summed E-state index contributed by atoms with van der Waals surface area (Å²) in [5, 5.41) is 3.55. The van der Waals surface area contributed by atoms with Crippen molar-refractivity contribution in [2.24, 2.45) is 0 Å². The second-order valence-corrected chi connectivity index (χ2v) is 5.97. The summed E-state index contributed by atoms with van der Waals surface area (Å²) < 4.78 is 5.28. The Morgan fingerprint density at radius 3 is 2.50 bits per heavy atom. The molecule has 0 radical (unpaired) electrons. The molecule has 1 N–H and O–H groups in total. The van der Waals surface area contributed by atoms with Gasteiger partial charge in [0, 0.05) is 37.3 Å². The van der Waals surface area contributed by atoms with E-state index in [-0.39, 0.29) is 5.91 Å². The number of halogens is 1. The van der Waals surface area contributed by atoms with Gasteiger partial charge in [0.1, 0.15) is 5.75 Å². The highest BCUT2D eigenvalue weighted by Crippen LogP contribution is 2.30. The quantitative estimate of drug-likeness (QED) is 0.901. The van der Waals surface area contributed by atoms with Crippen LogP contribution in [0.15, 0.2) is 12.1 Å². The lowest BCUT2D eigenvalue weighted by Gasteiger charge is -2.33. The van der Waals surface area contributed by atoms with Crippen molar-refractivity contribution in [2.45, 2.75) is 13.8 Å². The monoisotopic (exact) mass is 325 g/mol. The van der Waals surface area contributed by atoms with Crippen LogP contribution in [0.2, 0.25) is 5.02 Å². The van der Waals surface area contributed by atoms with Crippen LogP contribution < -0.4 is 10.1 Å². The molecule has 1 aliphatic rings. The summed E-state index contributed by atoms with van der Waals surface area (Å²) in [7, 11) is 1.57. The summed E-state index contributed by atoms with van der Waals surface area (Å²) in [6.45, 7) is 9.44. The SMILES string of the molecule is CCN1CCN(CC(=O)Nc2cc(C)c(Cl)cc2OC)CC1. The Balaban J connectivity index is 1.94. The molecule has 1 aliphatic heterocycles. The van der Waals surface area contributed by atoms with Crippen LogP contribution in [0.5, 0.6) is 5.75 Å². The van der Waals surface area contributed by atoms with E-state index in [1.165, 1.54) is 0 Å². The fraction of sp³-hybridized carbons (Fsp3) is 0.562. The largest absolute Gasteiger partial charge is 0.495 e. The summed E-state index contributed by atoms with van der Waals surface area (Å²) in [5.74, 6) is 0.560. The van der Waals surface area contributed by atoms with E-state index in [0.717, 1.165) is 38.3 Å². The maximum Gasteiger partial charge on any atom is 0.238 e. The highest BCUT2D eigenvalue weighted by atomic mass is 35.5. The lowest BCUT2D eigenvalue weighted by molar-refractivity contribution is -0.117. The smallest absolute Gasteiger partial charge is 0.238 e. The normalized spacial score (nSPS) is 16.5. The van der Waals surface area contributed by atoms with Gasteiger partial charge in [-0.25, -0.2) is 0 Å². The van der Waals surface area contributed by atoms with Crippen molar-refractivity contribution in [2.75, 3.05) is 51.7 Å². The number of piperazine rings is 1. The Morgan fingerprint density at radius 1 is 1.27 bits per heavy atom. The van der Waals surface area contributed by atoms with Gasteiger partial charge in [0.05, 0.1) is 19.3 Å². The van der Waals surface area contributed by atoms with Gasteiger partial charge < -0.3 is 15.0 Å². The first-order valence-corrected chi connectivity index (χ1v) is 8.00. The molecule has 2 rings (SSSR count). The molecule has 5 nitrogen and oxygen atoms in total. The zero-order valence-electron chi connectivity index (χ0n) is 13.5. The van der Waals surface area contributed by atoms with Crippen molar-refractivity contribution in [1.29, 1.82) is 0 Å². The molecule has 1 aromatic rings. The van der Waals surface area contributed by atoms with E-state index in [0.29, 0.717) is 23.0 Å². The van der Waals surface area contributed by atoms with Crippen LogP contribution >= 0.6 is 11.6 Å². The average molecular weight is 326 g/mol. The van der Waals surface area contributed by atoms with Gasteiger partial charge in [0.15, 0.2) is 0 Å². The third-order valence-electron chi connectivity index (χ3n) is 4.03. The summed E-state index contributed by atoms with van der Waals surface area (Å²) in [6, 6.07) is 3.57. The van der Waals surface area contributed by atoms with Gasteiger partial charge in [-0.1, -0.05) is 18.5 Å². The van der Waals surface area contributed by atoms with Crippen molar-refractivity contribution < 1.29 is 9.53 Å². The third kappa shape index (κ3) is 4.35. The number of hydrogen-bond acceptors (Lipinski definition) is 4. The van der Waals surface area contributed by atoms with Crippen LogP contribution in [0.25, 0.3) is 0 Å². The molecule has 0 spiro atoms. The van der Waals surface area contributed by atoms with E-state index in [1.807, 2.05) is 13.0 Å². The van der Waals surface area contributed by atoms with Crippen LogP contribution in [-0.2, 0) is 4.79 Å². The van der Waals surface area contributed by atoms with E-state index < -0.39 is 0 Å². The Kier molecular flexibility index (Phi) is 6.06. The summed E-state index contributed by atoms with van der Waals surface area (Å²) >= 11 is 6.08. The van der Waals surface area contributed by atoms with Crippen molar-refractivity contribution in [1.82, 2.24) is 9.80 Å². The predicted molar refractivity (Wildman–Crippen MR) is 89.9 cm³/mol. The van der Waals surface area contributed by atoms with Gasteiger partial charge in [-0.05, 0) is 25.1 Å². The third-order valence-corrected chi connectivity index (χ3v) is 4.44. The van der Waals surface area contributed by atoms with E-state index in [4.69, 9.17) is 16.3 Å². The molecule has 0 atom stereocenters. The van der Waals surface area contributed by atoms with Crippen LogP contribution in [-0.4, -0.2) is 62.1 Å². The highest BCUT2D eigenvalue weighted by molar-refractivity contribution is 6.31. The lowest BCUT2D eigenvalue weighted by atomic mass is 10.2. The van der Waals surface area contributed by atoms with Crippen LogP contribution in [0.4, 0.5) is 5.69 Å². The number of nitrogens with zero attached hydrogens (tertiary/aromatic N) is 2. The Bertz CT molecular complexity index is 528. The fourth-order valence-corrected chi connectivity index (χ4v) is 2.74. The number of carbonyl (C=O) groups is 1. The number of anilines is 1. The molecule has 1 heterocycles. The van der Waals surface area contributed by atoms with Gasteiger partial charge >= 0.3 is 0 Å². The maximum atomic E-state index is 12.2. The molecular weight excluding hydrogens is 302 g/mol. The molecule has 0 unspecified atom stereocenters. The summed E-state index contributed by atoms with van der Waals surface area (Å²) in [5.41, 5.74) is 1.58. The predicted octanol–water partition coefficient (Wildman–Crippen LogP) is 2.23. The molecule has 6 heteroatoms. The first kappa shape index (κ1) is 17.1. The van der Waals surface area contributed by atoms with E-state index in [9.17, 15) is 4.79 Å². The molecule has 1 saturated heterocycles. The molecule has 22 heavy (non-hydrogen) atoms. The van der Waals surface area contributed by atoms with Gasteiger partial charge in [-0.15, -0.1) is 0 Å². The second-order valence-electron chi connectivity index (χ2n) is 5.56. The molecule has 1 amide bonds. The zero-order chi connectivity index (χ0) is 16.1. The molecule has 1 aromatic carbocycles. The van der Waals surface area contributed by atoms with Crippen LogP contribution in [0.1, 0.15) is 12.5 Å². The number of hydrogen-bond donors (Lipinski definition) is 1. The van der Waals surface area contributed by atoms with Crippen molar-refractivity contribution in [3.8, 4) is 5.75 Å². The lowest BCUT2D eigenvalue weighted by Crippen LogP contribution is -2.48. The molecular formula is C16H24ClN3O2. The number of ether oxygens (including phenoxy) is 1. The topological polar surface area (TPSA) is 44.8 Å². The number of aryl methyl sites for hydroxylation is 1. The zero-order valence-corrected chi connectivity index (χ0v) is 14.2. The molecule has 1 fully saturated rings. The summed E-state index contributed by atoms with van der Waals surface area (Å²) in [4.78, 5) is 16.8. The Hall–Kier alpha value is -1.30. The highest BCUT2D eigenvalue weighted by Gasteiger charge is 2.18.